The SMILES string of the molecule is COc1ccc(N2CCN([C@H](c3ccccc3)c3nnnn3C(C)C)CC2)cc1. The van der Waals surface area contributed by atoms with E-state index in [2.05, 4.69) is 75.6 Å². The monoisotopic (exact) mass is 392 g/mol. The summed E-state index contributed by atoms with van der Waals surface area (Å²) in [4.78, 5) is 4.91. The molecule has 0 N–H and O–H groups in total. The first kappa shape index (κ1) is 19.4. The van der Waals surface area contributed by atoms with E-state index >= 15 is 0 Å². The third-order valence-corrected chi connectivity index (χ3v) is 5.48. The molecule has 0 amide bonds. The number of anilines is 1. The number of piperazine rings is 1. The van der Waals surface area contributed by atoms with Crippen molar-refractivity contribution in [3.8, 4) is 5.75 Å². The quantitative estimate of drug-likeness (QED) is 0.642. The summed E-state index contributed by atoms with van der Waals surface area (Å²) in [5.74, 6) is 1.79. The molecule has 0 spiro atoms. The van der Waals surface area contributed by atoms with Crippen LogP contribution >= 0.6 is 0 Å². The Hall–Kier alpha value is -2.93. The van der Waals surface area contributed by atoms with E-state index in [9.17, 15) is 0 Å². The average molecular weight is 393 g/mol. The van der Waals surface area contributed by atoms with Gasteiger partial charge in [0.15, 0.2) is 5.82 Å². The Balaban J connectivity index is 1.56. The zero-order valence-corrected chi connectivity index (χ0v) is 17.3. The highest BCUT2D eigenvalue weighted by atomic mass is 16.5. The van der Waals surface area contributed by atoms with Crippen molar-refractivity contribution >= 4 is 5.69 Å². The Morgan fingerprint density at radius 1 is 0.897 bits per heavy atom. The van der Waals surface area contributed by atoms with Gasteiger partial charge in [-0.3, -0.25) is 4.90 Å². The third-order valence-electron chi connectivity index (χ3n) is 5.48. The molecule has 29 heavy (non-hydrogen) atoms. The van der Waals surface area contributed by atoms with E-state index in [1.54, 1.807) is 7.11 Å². The number of nitrogens with zero attached hydrogens (tertiary/aromatic N) is 6. The molecule has 0 unspecified atom stereocenters. The van der Waals surface area contributed by atoms with Crippen LogP contribution in [0.3, 0.4) is 0 Å². The second-order valence-corrected chi connectivity index (χ2v) is 7.61. The predicted octanol–water partition coefficient (Wildman–Crippen LogP) is 3.17. The summed E-state index contributed by atoms with van der Waals surface area (Å²) < 4.78 is 7.22. The van der Waals surface area contributed by atoms with Crippen LogP contribution in [0.1, 0.15) is 37.3 Å². The van der Waals surface area contributed by atoms with Gasteiger partial charge in [-0.15, -0.1) is 5.10 Å². The van der Waals surface area contributed by atoms with Gasteiger partial charge in [0.1, 0.15) is 5.75 Å². The fourth-order valence-electron chi connectivity index (χ4n) is 3.94. The lowest BCUT2D eigenvalue weighted by Crippen LogP contribution is -2.48. The summed E-state index contributed by atoms with van der Waals surface area (Å²) >= 11 is 0. The largest absolute Gasteiger partial charge is 0.497 e. The Kier molecular flexibility index (Phi) is 5.76. The molecular formula is C22H28N6O. The molecule has 1 aromatic heterocycles. The molecule has 152 valence electrons. The van der Waals surface area contributed by atoms with Crippen LogP contribution in [0, 0.1) is 0 Å². The minimum absolute atomic E-state index is 0.0478. The molecule has 1 aliphatic heterocycles. The van der Waals surface area contributed by atoms with E-state index in [4.69, 9.17) is 4.74 Å². The van der Waals surface area contributed by atoms with E-state index in [-0.39, 0.29) is 12.1 Å². The standard InChI is InChI=1S/C22H28N6O/c1-17(2)28-22(23-24-25-28)21(18-7-5-4-6-8-18)27-15-13-26(14-16-27)19-9-11-20(29-3)12-10-19/h4-12,17,21H,13-16H2,1-3H3/t21-/m1/s1. The smallest absolute Gasteiger partial charge is 0.173 e. The lowest BCUT2D eigenvalue weighted by Gasteiger charge is -2.40. The van der Waals surface area contributed by atoms with E-state index < -0.39 is 0 Å². The highest BCUT2D eigenvalue weighted by molar-refractivity contribution is 5.49. The normalized spacial score (nSPS) is 16.2. The van der Waals surface area contributed by atoms with Crippen LogP contribution in [0.2, 0.25) is 0 Å². The van der Waals surface area contributed by atoms with Gasteiger partial charge in [0.25, 0.3) is 0 Å². The van der Waals surface area contributed by atoms with Gasteiger partial charge in [-0.25, -0.2) is 4.68 Å². The molecule has 0 saturated carbocycles. The highest BCUT2D eigenvalue weighted by Crippen LogP contribution is 2.30. The van der Waals surface area contributed by atoms with Crippen molar-refractivity contribution in [1.82, 2.24) is 25.1 Å². The van der Waals surface area contributed by atoms with Gasteiger partial charge in [-0.1, -0.05) is 30.3 Å². The van der Waals surface area contributed by atoms with Crippen molar-refractivity contribution in [2.75, 3.05) is 38.2 Å². The minimum Gasteiger partial charge on any atom is -0.497 e. The lowest BCUT2D eigenvalue weighted by atomic mass is 10.0. The van der Waals surface area contributed by atoms with Gasteiger partial charge in [0.2, 0.25) is 0 Å². The summed E-state index contributed by atoms with van der Waals surface area (Å²) in [6, 6.07) is 19.1. The molecule has 7 heteroatoms. The van der Waals surface area contributed by atoms with Gasteiger partial charge in [-0.05, 0) is 54.1 Å². The van der Waals surface area contributed by atoms with Gasteiger partial charge in [0, 0.05) is 31.9 Å². The van der Waals surface area contributed by atoms with Gasteiger partial charge < -0.3 is 9.64 Å². The number of hydrogen-bond acceptors (Lipinski definition) is 6. The summed E-state index contributed by atoms with van der Waals surface area (Å²) in [7, 11) is 1.70. The first-order valence-corrected chi connectivity index (χ1v) is 10.1. The van der Waals surface area contributed by atoms with Crippen molar-refractivity contribution < 1.29 is 4.74 Å². The zero-order valence-electron chi connectivity index (χ0n) is 17.3. The van der Waals surface area contributed by atoms with Crippen LogP contribution in [0.5, 0.6) is 5.75 Å². The zero-order chi connectivity index (χ0) is 20.2. The lowest BCUT2D eigenvalue weighted by molar-refractivity contribution is 0.199. The van der Waals surface area contributed by atoms with Crippen LogP contribution in [0.4, 0.5) is 5.69 Å². The average Bonchev–Trinajstić information content (AvgIpc) is 3.25. The molecule has 0 radical (unpaired) electrons. The fraction of sp³-hybridized carbons (Fsp3) is 0.409. The van der Waals surface area contributed by atoms with Crippen LogP contribution in [-0.4, -0.2) is 58.4 Å². The molecule has 1 aliphatic rings. The Bertz CT molecular complexity index is 901. The maximum atomic E-state index is 5.28. The molecule has 1 atom stereocenters. The third kappa shape index (κ3) is 4.10. The summed E-state index contributed by atoms with van der Waals surface area (Å²) in [6.07, 6.45) is 0. The van der Waals surface area contributed by atoms with Crippen molar-refractivity contribution in [2.45, 2.75) is 25.9 Å². The van der Waals surface area contributed by atoms with Crippen LogP contribution < -0.4 is 9.64 Å². The number of benzene rings is 2. The molecule has 3 aromatic rings. The molecule has 0 bridgehead atoms. The molecule has 1 saturated heterocycles. The number of rotatable bonds is 6. The number of methoxy groups -OCH3 is 1. The molecule has 4 rings (SSSR count). The molecule has 2 aromatic carbocycles. The second-order valence-electron chi connectivity index (χ2n) is 7.61. The van der Waals surface area contributed by atoms with Crippen molar-refractivity contribution in [3.63, 3.8) is 0 Å². The van der Waals surface area contributed by atoms with Crippen LogP contribution in [0.25, 0.3) is 0 Å². The van der Waals surface area contributed by atoms with Crippen molar-refractivity contribution in [1.29, 1.82) is 0 Å². The van der Waals surface area contributed by atoms with Crippen molar-refractivity contribution in [2.24, 2.45) is 0 Å². The van der Waals surface area contributed by atoms with E-state index in [0.717, 1.165) is 37.8 Å². The molecule has 0 aliphatic carbocycles. The minimum atomic E-state index is 0.0478. The topological polar surface area (TPSA) is 59.3 Å². The van der Waals surface area contributed by atoms with Gasteiger partial charge >= 0.3 is 0 Å². The van der Waals surface area contributed by atoms with E-state index in [0.29, 0.717) is 0 Å². The first-order valence-electron chi connectivity index (χ1n) is 10.1. The van der Waals surface area contributed by atoms with Gasteiger partial charge in [0.05, 0.1) is 19.2 Å². The predicted molar refractivity (Wildman–Crippen MR) is 113 cm³/mol. The molecule has 2 heterocycles. The van der Waals surface area contributed by atoms with Crippen LogP contribution in [0.15, 0.2) is 54.6 Å². The van der Waals surface area contributed by atoms with Gasteiger partial charge in [-0.2, -0.15) is 0 Å². The Morgan fingerprint density at radius 3 is 2.21 bits per heavy atom. The number of ether oxygens (including phenoxy) is 1. The fourth-order valence-corrected chi connectivity index (χ4v) is 3.94. The maximum Gasteiger partial charge on any atom is 0.173 e. The molecule has 7 nitrogen and oxygen atoms in total. The second kappa shape index (κ2) is 8.61. The Morgan fingerprint density at radius 2 is 1.59 bits per heavy atom. The Labute approximate surface area is 171 Å². The summed E-state index contributed by atoms with van der Waals surface area (Å²) in [5.41, 5.74) is 2.45. The molecule has 1 fully saturated rings. The first-order chi connectivity index (χ1) is 14.2. The molecular weight excluding hydrogens is 364 g/mol. The number of tetrazole rings is 1. The summed E-state index contributed by atoms with van der Waals surface area (Å²) in [5, 5.41) is 12.6. The van der Waals surface area contributed by atoms with Crippen LogP contribution in [-0.2, 0) is 0 Å². The number of aromatic nitrogens is 4. The van der Waals surface area contributed by atoms with Crippen molar-refractivity contribution in [3.05, 3.63) is 66.0 Å². The van der Waals surface area contributed by atoms with E-state index in [1.807, 2.05) is 22.9 Å². The maximum absolute atomic E-state index is 5.28. The summed E-state index contributed by atoms with van der Waals surface area (Å²) in [6.45, 7) is 8.03. The number of hydrogen-bond donors (Lipinski definition) is 0. The highest BCUT2D eigenvalue weighted by Gasteiger charge is 2.31. The van der Waals surface area contributed by atoms with E-state index in [1.165, 1.54) is 11.3 Å².